The minimum absolute atomic E-state index is 0.0100. The Balaban J connectivity index is 1.42. The molecule has 4 aromatic carbocycles. The van der Waals surface area contributed by atoms with Gasteiger partial charge in [0, 0.05) is 62.4 Å². The predicted octanol–water partition coefficient (Wildman–Crippen LogP) is 10.2. The number of fused-ring (bicyclic) bond motifs is 2. The number of aliphatic hydroxyl groups is 2. The second-order valence-electron chi connectivity index (χ2n) is 19.0. The largest absolute Gasteiger partial charge is 0.459 e. The SMILES string of the molecule is C=CCOC12Oc3ccc(OC(=O)NCc4ccccc4)cc3C3C(CCCCO)C(CCCCO)C=C(C(=NOC(C)(C)C)CC1N(Cc1ccc(F)cc1)C(=O)C=Cc1ccc([N+](=O)[O-])cc1)C32. The van der Waals surface area contributed by atoms with Crippen molar-refractivity contribution in [2.24, 2.45) is 22.9 Å². The van der Waals surface area contributed by atoms with Crippen LogP contribution in [0.1, 0.15) is 93.9 Å². The van der Waals surface area contributed by atoms with Crippen LogP contribution in [0.15, 0.2) is 133 Å². The quantitative estimate of drug-likeness (QED) is 0.0239. The van der Waals surface area contributed by atoms with E-state index in [2.05, 4.69) is 18.0 Å². The van der Waals surface area contributed by atoms with Crippen LogP contribution in [0.3, 0.4) is 0 Å². The number of aliphatic hydroxyl groups excluding tert-OH is 2. The molecule has 6 unspecified atom stereocenters. The van der Waals surface area contributed by atoms with E-state index in [4.69, 9.17) is 24.2 Å². The Labute approximate surface area is 408 Å². The van der Waals surface area contributed by atoms with Gasteiger partial charge in [-0.1, -0.05) is 72.6 Å². The van der Waals surface area contributed by atoms with Gasteiger partial charge in [0.15, 0.2) is 0 Å². The van der Waals surface area contributed by atoms with E-state index in [1.165, 1.54) is 30.3 Å². The third-order valence-electron chi connectivity index (χ3n) is 13.0. The Bertz CT molecular complexity index is 2540. The highest BCUT2D eigenvalue weighted by atomic mass is 19.1. The van der Waals surface area contributed by atoms with Crippen molar-refractivity contribution < 1.29 is 48.2 Å². The summed E-state index contributed by atoms with van der Waals surface area (Å²) in [7, 11) is 0. The summed E-state index contributed by atoms with van der Waals surface area (Å²) in [4.78, 5) is 47.3. The smallest absolute Gasteiger partial charge is 0.412 e. The molecule has 1 heterocycles. The van der Waals surface area contributed by atoms with Gasteiger partial charge in [-0.25, -0.2) is 9.18 Å². The van der Waals surface area contributed by atoms with E-state index >= 15 is 4.79 Å². The van der Waals surface area contributed by atoms with Gasteiger partial charge >= 0.3 is 6.09 Å². The molecule has 2 aliphatic carbocycles. The van der Waals surface area contributed by atoms with Gasteiger partial charge in [0.1, 0.15) is 29.0 Å². The predicted molar refractivity (Wildman–Crippen MR) is 264 cm³/mol. The maximum atomic E-state index is 15.1. The number of unbranched alkanes of at least 4 members (excludes halogenated alkanes) is 2. The van der Waals surface area contributed by atoms with E-state index in [1.54, 1.807) is 53.5 Å². The molecule has 3 aliphatic rings. The third kappa shape index (κ3) is 12.4. The van der Waals surface area contributed by atoms with E-state index < -0.39 is 52.0 Å². The summed E-state index contributed by atoms with van der Waals surface area (Å²) in [6.07, 6.45) is 10.3. The number of amides is 2. The molecule has 4 aromatic rings. The first-order chi connectivity index (χ1) is 33.7. The summed E-state index contributed by atoms with van der Waals surface area (Å²) in [5, 5.41) is 39.2. The lowest BCUT2D eigenvalue weighted by atomic mass is 9.55. The lowest BCUT2D eigenvalue weighted by molar-refractivity contribution is -0.384. The number of hydrogen-bond acceptors (Lipinski definition) is 11. The number of carbonyl (C=O) groups excluding carboxylic acids is 2. The molecule has 3 N–H and O–H groups in total. The number of oxime groups is 1. The van der Waals surface area contributed by atoms with E-state index in [0.29, 0.717) is 48.3 Å². The van der Waals surface area contributed by atoms with E-state index in [0.717, 1.165) is 29.5 Å². The number of benzene rings is 4. The van der Waals surface area contributed by atoms with Crippen molar-refractivity contribution in [1.29, 1.82) is 0 Å². The van der Waals surface area contributed by atoms with Crippen LogP contribution in [0, 0.1) is 33.7 Å². The first kappa shape index (κ1) is 51.2. The summed E-state index contributed by atoms with van der Waals surface area (Å²) in [5.41, 5.74) is 3.42. The van der Waals surface area contributed by atoms with Gasteiger partial charge in [0.05, 0.1) is 23.2 Å². The van der Waals surface area contributed by atoms with Gasteiger partial charge in [0.25, 0.3) is 5.69 Å². The number of nitrogens with one attached hydrogen (secondary N) is 1. The minimum Gasteiger partial charge on any atom is -0.459 e. The standard InChI is InChI=1S/C55H63FN4O10/c1-5-31-67-55-49(59(36-39-17-22-41(56)23-18-39)50(63)28-21-37-19-24-42(25-20-37)60(65)66)34-47(58-70-54(2,3)4)45-32-40(15-9-11-29-61)44(16-10-12-30-62)51(52(45)55)46-33-43(26-27-48(46)69-55)68-53(64)57-35-38-13-7-6-8-14-38/h5-8,13-14,17-28,32-33,40,44,49,51-52,61-62H,1,9-12,15-16,29-31,34-36H2,2-4H3,(H,57,64). The lowest BCUT2D eigenvalue weighted by Crippen LogP contribution is -2.70. The first-order valence-electron chi connectivity index (χ1n) is 24.0. The number of halogens is 1. The summed E-state index contributed by atoms with van der Waals surface area (Å²) in [6.45, 7) is 10.0. The molecule has 1 fully saturated rings. The lowest BCUT2D eigenvalue weighted by Gasteiger charge is -2.60. The number of ether oxygens (including phenoxy) is 3. The maximum absolute atomic E-state index is 15.1. The van der Waals surface area contributed by atoms with Crippen LogP contribution in [-0.2, 0) is 27.5 Å². The average molecular weight is 959 g/mol. The van der Waals surface area contributed by atoms with Crippen molar-refractivity contribution in [2.75, 3.05) is 19.8 Å². The average Bonchev–Trinajstić information content (AvgIpc) is 3.35. The molecule has 1 aliphatic heterocycles. The van der Waals surface area contributed by atoms with E-state index in [-0.39, 0.29) is 62.6 Å². The van der Waals surface area contributed by atoms with Crippen molar-refractivity contribution in [3.8, 4) is 11.5 Å². The van der Waals surface area contributed by atoms with Gasteiger partial charge < -0.3 is 39.5 Å². The Morgan fingerprint density at radius 2 is 1.69 bits per heavy atom. The number of nitro benzene ring substituents is 1. The summed E-state index contributed by atoms with van der Waals surface area (Å²) in [5.74, 6) is -3.03. The van der Waals surface area contributed by atoms with Crippen molar-refractivity contribution in [2.45, 2.75) is 102 Å². The highest BCUT2D eigenvalue weighted by Gasteiger charge is 2.65. The fourth-order valence-corrected chi connectivity index (χ4v) is 9.92. The fourth-order valence-electron chi connectivity index (χ4n) is 9.92. The second-order valence-corrected chi connectivity index (χ2v) is 19.0. The number of nitrogens with zero attached hydrogens (tertiary/aromatic N) is 3. The highest BCUT2D eigenvalue weighted by Crippen LogP contribution is 2.62. The topological polar surface area (TPSA) is 182 Å². The van der Waals surface area contributed by atoms with Gasteiger partial charge in [-0.15, -0.1) is 6.58 Å². The Hall–Kier alpha value is -6.68. The highest BCUT2D eigenvalue weighted by molar-refractivity contribution is 6.03. The zero-order chi connectivity index (χ0) is 49.8. The van der Waals surface area contributed by atoms with Gasteiger partial charge in [-0.2, -0.15) is 0 Å². The molecule has 0 radical (unpaired) electrons. The molecule has 0 bridgehead atoms. The monoisotopic (exact) mass is 958 g/mol. The van der Waals surface area contributed by atoms with Crippen LogP contribution >= 0.6 is 0 Å². The molecule has 0 aromatic heterocycles. The zero-order valence-corrected chi connectivity index (χ0v) is 40.0. The molecule has 70 heavy (non-hydrogen) atoms. The molecule has 370 valence electrons. The summed E-state index contributed by atoms with van der Waals surface area (Å²) >= 11 is 0. The van der Waals surface area contributed by atoms with Crippen LogP contribution in [0.2, 0.25) is 0 Å². The molecular formula is C55H63FN4O10. The Morgan fingerprint density at radius 3 is 2.36 bits per heavy atom. The molecule has 7 rings (SSSR count). The number of allylic oxidation sites excluding steroid dienone is 1. The first-order valence-corrected chi connectivity index (χ1v) is 24.0. The molecule has 14 nitrogen and oxygen atoms in total. The van der Waals surface area contributed by atoms with Gasteiger partial charge in [-0.05, 0) is 129 Å². The number of carbonyl (C=O) groups is 2. The Kier molecular flexibility index (Phi) is 17.0. The van der Waals surface area contributed by atoms with Crippen molar-refractivity contribution in [1.82, 2.24) is 10.2 Å². The number of hydrogen-bond donors (Lipinski definition) is 3. The van der Waals surface area contributed by atoms with Crippen molar-refractivity contribution >= 4 is 29.5 Å². The van der Waals surface area contributed by atoms with Crippen molar-refractivity contribution in [3.63, 3.8) is 0 Å². The number of non-ortho nitro benzene ring substituents is 1. The van der Waals surface area contributed by atoms with E-state index in [9.17, 15) is 29.5 Å². The van der Waals surface area contributed by atoms with Crippen LogP contribution < -0.4 is 14.8 Å². The molecule has 1 saturated carbocycles. The normalized spacial score (nSPS) is 22.0. The third-order valence-corrected chi connectivity index (χ3v) is 13.0. The zero-order valence-electron chi connectivity index (χ0n) is 40.0. The van der Waals surface area contributed by atoms with E-state index in [1.807, 2.05) is 57.2 Å². The van der Waals surface area contributed by atoms with Crippen LogP contribution in [0.5, 0.6) is 11.5 Å². The second kappa shape index (κ2) is 23.3. The van der Waals surface area contributed by atoms with Gasteiger partial charge in [0.2, 0.25) is 11.7 Å². The van der Waals surface area contributed by atoms with Crippen LogP contribution in [0.4, 0.5) is 14.9 Å². The maximum Gasteiger partial charge on any atom is 0.412 e. The number of rotatable bonds is 21. The molecule has 15 heteroatoms. The fraction of sp³-hybridized carbons (Fsp3) is 0.400. The summed E-state index contributed by atoms with van der Waals surface area (Å²) in [6, 6.07) is 25.6. The van der Waals surface area contributed by atoms with Crippen molar-refractivity contribution in [3.05, 3.63) is 166 Å². The van der Waals surface area contributed by atoms with Crippen LogP contribution in [0.25, 0.3) is 6.08 Å². The molecule has 6 atom stereocenters. The molecule has 2 amide bonds. The molecular weight excluding hydrogens is 896 g/mol. The number of nitro groups is 1. The van der Waals surface area contributed by atoms with Gasteiger partial charge in [-0.3, -0.25) is 14.9 Å². The van der Waals surface area contributed by atoms with Crippen LogP contribution in [-0.4, -0.2) is 75.0 Å². The Morgan fingerprint density at radius 1 is 0.971 bits per heavy atom. The minimum atomic E-state index is -1.63. The summed E-state index contributed by atoms with van der Waals surface area (Å²) < 4.78 is 34.9. The molecule has 0 spiro atoms. The molecule has 0 saturated heterocycles.